The zero-order valence-corrected chi connectivity index (χ0v) is 6.02. The summed E-state index contributed by atoms with van der Waals surface area (Å²) in [6, 6.07) is 0. The molecule has 0 aliphatic rings. The Morgan fingerprint density at radius 2 is 2.09 bits per heavy atom. The van der Waals surface area contributed by atoms with E-state index < -0.39 is 11.9 Å². The topological polar surface area (TPSA) is 38.4 Å². The Bertz CT molecular complexity index is 169. The fourth-order valence-corrected chi connectivity index (χ4v) is 0.333. The van der Waals surface area contributed by atoms with Crippen LogP contribution in [0, 0.1) is 0 Å². The molecule has 0 heterocycles. The van der Waals surface area contributed by atoms with E-state index in [-0.39, 0.29) is 0 Å². The Kier molecular flexibility index (Phi) is 3.64. The molecule has 0 aromatic carbocycles. The lowest BCUT2D eigenvalue weighted by molar-refractivity contribution is -0.0925. The maximum atomic E-state index is 11.6. The summed E-state index contributed by atoms with van der Waals surface area (Å²) in [7, 11) is 0. The lowest BCUT2D eigenvalue weighted by Crippen LogP contribution is -2.19. The number of rotatable bonds is 2. The van der Waals surface area contributed by atoms with Gasteiger partial charge in [-0.25, -0.2) is 0 Å². The number of allylic oxidation sites excluding steroid dienone is 2. The molecule has 0 saturated heterocycles. The first-order valence-electron chi connectivity index (χ1n) is 3.01. The van der Waals surface area contributed by atoms with Gasteiger partial charge in [-0.15, -0.1) is 0 Å². The first-order chi connectivity index (χ1) is 4.98. The van der Waals surface area contributed by atoms with Crippen molar-refractivity contribution >= 4 is 6.21 Å². The van der Waals surface area contributed by atoms with E-state index in [1.54, 1.807) is 6.92 Å². The Balaban J connectivity index is 4.12. The smallest absolute Gasteiger partial charge is 0.395 e. The van der Waals surface area contributed by atoms with Gasteiger partial charge in [0.15, 0.2) is 0 Å². The van der Waals surface area contributed by atoms with Gasteiger partial charge in [0.2, 0.25) is 0 Å². The molecule has 0 rings (SSSR count). The minimum Gasteiger partial charge on any atom is -0.395 e. The van der Waals surface area contributed by atoms with E-state index in [1.165, 1.54) is 0 Å². The van der Waals surface area contributed by atoms with Crippen molar-refractivity contribution in [1.29, 1.82) is 0 Å². The lowest BCUT2D eigenvalue weighted by atomic mass is 10.4. The summed E-state index contributed by atoms with van der Waals surface area (Å²) < 4.78 is 34.9. The minimum atomic E-state index is -4.44. The second kappa shape index (κ2) is 4.00. The van der Waals surface area contributed by atoms with Crippen molar-refractivity contribution in [3.05, 3.63) is 11.8 Å². The van der Waals surface area contributed by atoms with Crippen molar-refractivity contribution in [2.75, 3.05) is 6.54 Å². The molecule has 0 aliphatic heterocycles. The average molecular weight is 166 g/mol. The predicted octanol–water partition coefficient (Wildman–Crippen LogP) is 1.48. The van der Waals surface area contributed by atoms with Crippen LogP contribution in [0.25, 0.3) is 0 Å². The zero-order chi connectivity index (χ0) is 8.91. The van der Waals surface area contributed by atoms with E-state index in [9.17, 15) is 13.2 Å². The first-order valence-corrected chi connectivity index (χ1v) is 3.01. The number of halogens is 3. The van der Waals surface area contributed by atoms with Crippen LogP contribution in [0.1, 0.15) is 6.92 Å². The molecule has 5 heteroatoms. The summed E-state index contributed by atoms with van der Waals surface area (Å²) in [6.45, 7) is 2.16. The normalized spacial score (nSPS) is 14.4. The van der Waals surface area contributed by atoms with Gasteiger partial charge < -0.3 is 5.73 Å². The van der Waals surface area contributed by atoms with Gasteiger partial charge in [0.1, 0.15) is 5.70 Å². The molecule has 2 N–H and O–H groups in total. The molecule has 0 saturated carbocycles. The van der Waals surface area contributed by atoms with Crippen molar-refractivity contribution < 1.29 is 13.2 Å². The molecular weight excluding hydrogens is 157 g/mol. The standard InChI is InChI=1S/C6H9F3N2/c1-2-11-4-3-5(10)6(7,8)9/h3-4H,2,10H2,1H3. The van der Waals surface area contributed by atoms with Gasteiger partial charge in [0, 0.05) is 12.8 Å². The number of alkyl halides is 3. The highest BCUT2D eigenvalue weighted by molar-refractivity contribution is 5.72. The summed E-state index contributed by atoms with van der Waals surface area (Å²) in [5.74, 6) is 0. The van der Waals surface area contributed by atoms with Gasteiger partial charge in [-0.2, -0.15) is 13.2 Å². The Hall–Kier alpha value is -1.00. The van der Waals surface area contributed by atoms with Crippen molar-refractivity contribution in [3.8, 4) is 0 Å². The molecule has 0 bridgehead atoms. The Labute approximate surface area is 62.6 Å². The SMILES string of the molecule is CCN=CC=C(N)C(F)(F)F. The van der Waals surface area contributed by atoms with Crippen LogP contribution in [0.3, 0.4) is 0 Å². The van der Waals surface area contributed by atoms with Crippen LogP contribution in [0.4, 0.5) is 13.2 Å². The fraction of sp³-hybridized carbons (Fsp3) is 0.500. The van der Waals surface area contributed by atoms with Crippen LogP contribution in [0.15, 0.2) is 16.8 Å². The number of hydrogen-bond donors (Lipinski definition) is 1. The molecule has 0 aliphatic carbocycles. The van der Waals surface area contributed by atoms with E-state index in [0.717, 1.165) is 12.3 Å². The fourth-order valence-electron chi connectivity index (χ4n) is 0.333. The van der Waals surface area contributed by atoms with E-state index in [1.807, 2.05) is 0 Å². The third-order valence-electron chi connectivity index (χ3n) is 0.869. The molecule has 0 aromatic heterocycles. The van der Waals surface area contributed by atoms with Crippen molar-refractivity contribution in [2.24, 2.45) is 10.7 Å². The second-order valence-electron chi connectivity index (χ2n) is 1.77. The first kappa shape index (κ1) is 10.0. The van der Waals surface area contributed by atoms with Crippen LogP contribution >= 0.6 is 0 Å². The van der Waals surface area contributed by atoms with Crippen LogP contribution in [0.5, 0.6) is 0 Å². The molecule has 0 fully saturated rings. The largest absolute Gasteiger partial charge is 0.430 e. The van der Waals surface area contributed by atoms with Crippen LogP contribution in [-0.2, 0) is 0 Å². The van der Waals surface area contributed by atoms with Crippen molar-refractivity contribution in [3.63, 3.8) is 0 Å². The molecule has 64 valence electrons. The summed E-state index contributed by atoms with van der Waals surface area (Å²) in [4.78, 5) is 3.54. The zero-order valence-electron chi connectivity index (χ0n) is 6.02. The quantitative estimate of drug-likeness (QED) is 0.620. The van der Waals surface area contributed by atoms with E-state index in [0.29, 0.717) is 6.54 Å². The Morgan fingerprint density at radius 3 is 2.45 bits per heavy atom. The summed E-state index contributed by atoms with van der Waals surface area (Å²) in [5.41, 5.74) is 3.51. The highest BCUT2D eigenvalue weighted by Crippen LogP contribution is 2.20. The molecular formula is C6H9F3N2. The van der Waals surface area contributed by atoms with E-state index in [2.05, 4.69) is 10.7 Å². The third kappa shape index (κ3) is 4.41. The third-order valence-corrected chi connectivity index (χ3v) is 0.869. The second-order valence-corrected chi connectivity index (χ2v) is 1.77. The molecule has 0 spiro atoms. The molecule has 0 aromatic rings. The maximum absolute atomic E-state index is 11.6. The van der Waals surface area contributed by atoms with Crippen LogP contribution in [0.2, 0.25) is 0 Å². The number of hydrogen-bond acceptors (Lipinski definition) is 2. The lowest BCUT2D eigenvalue weighted by Gasteiger charge is -2.03. The van der Waals surface area contributed by atoms with Crippen LogP contribution < -0.4 is 5.73 Å². The van der Waals surface area contributed by atoms with Gasteiger partial charge in [-0.3, -0.25) is 4.99 Å². The highest BCUT2D eigenvalue weighted by atomic mass is 19.4. The molecule has 0 atom stereocenters. The van der Waals surface area contributed by atoms with Gasteiger partial charge in [-0.1, -0.05) is 0 Å². The van der Waals surface area contributed by atoms with Gasteiger partial charge in [0.05, 0.1) is 0 Å². The number of aliphatic imine (C=N–C) groups is 1. The van der Waals surface area contributed by atoms with E-state index >= 15 is 0 Å². The summed E-state index contributed by atoms with van der Waals surface area (Å²) in [6.07, 6.45) is -2.66. The van der Waals surface area contributed by atoms with Gasteiger partial charge in [0.25, 0.3) is 0 Å². The molecule has 0 amide bonds. The average Bonchev–Trinajstić information content (AvgIpc) is 1.86. The Morgan fingerprint density at radius 1 is 1.55 bits per heavy atom. The van der Waals surface area contributed by atoms with Crippen molar-refractivity contribution in [1.82, 2.24) is 0 Å². The molecule has 0 radical (unpaired) electrons. The van der Waals surface area contributed by atoms with Crippen molar-refractivity contribution in [2.45, 2.75) is 13.1 Å². The summed E-state index contributed by atoms with van der Waals surface area (Å²) in [5, 5.41) is 0. The minimum absolute atomic E-state index is 0.446. The summed E-state index contributed by atoms with van der Waals surface area (Å²) >= 11 is 0. The predicted molar refractivity (Wildman–Crippen MR) is 37.4 cm³/mol. The van der Waals surface area contributed by atoms with Gasteiger partial charge >= 0.3 is 6.18 Å². The number of nitrogens with zero attached hydrogens (tertiary/aromatic N) is 1. The van der Waals surface area contributed by atoms with Gasteiger partial charge in [-0.05, 0) is 13.0 Å². The molecule has 2 nitrogen and oxygen atoms in total. The number of nitrogens with two attached hydrogens (primary N) is 1. The molecule has 0 unspecified atom stereocenters. The highest BCUT2D eigenvalue weighted by Gasteiger charge is 2.30. The van der Waals surface area contributed by atoms with Crippen LogP contribution in [-0.4, -0.2) is 18.9 Å². The molecule has 11 heavy (non-hydrogen) atoms. The monoisotopic (exact) mass is 166 g/mol. The van der Waals surface area contributed by atoms with E-state index in [4.69, 9.17) is 0 Å². The maximum Gasteiger partial charge on any atom is 0.430 e.